The molecule has 0 aliphatic carbocycles. The van der Waals surface area contributed by atoms with E-state index in [9.17, 15) is 9.59 Å². The highest BCUT2D eigenvalue weighted by atomic mass is 35.5. The van der Waals surface area contributed by atoms with Gasteiger partial charge >= 0.3 is 0 Å². The number of nitrogens with zero attached hydrogens (tertiary/aromatic N) is 2. The minimum Gasteiger partial charge on any atom is -0.437 e. The summed E-state index contributed by atoms with van der Waals surface area (Å²) in [7, 11) is 0. The molecule has 0 bridgehead atoms. The maximum atomic E-state index is 12.4. The standard InChI is InChI=1S/C21H20ClN3O3/c1-2-25(14-19(26)23-13-15-7-9-16(22)10-8-15)21(27)12-11-20-24-17-5-3-4-6-18(17)28-20/h3-12H,2,13-14H2,1H3,(H,23,26). The van der Waals surface area contributed by atoms with E-state index in [1.807, 2.05) is 43.3 Å². The van der Waals surface area contributed by atoms with Crippen molar-refractivity contribution in [2.45, 2.75) is 13.5 Å². The lowest BCUT2D eigenvalue weighted by molar-refractivity contribution is -0.132. The maximum absolute atomic E-state index is 12.4. The molecule has 1 aromatic heterocycles. The Morgan fingerprint density at radius 2 is 1.93 bits per heavy atom. The molecule has 0 spiro atoms. The van der Waals surface area contributed by atoms with Gasteiger partial charge in [-0.2, -0.15) is 0 Å². The lowest BCUT2D eigenvalue weighted by Gasteiger charge is -2.18. The van der Waals surface area contributed by atoms with Gasteiger partial charge in [0.2, 0.25) is 17.7 Å². The molecule has 2 aromatic carbocycles. The smallest absolute Gasteiger partial charge is 0.247 e. The summed E-state index contributed by atoms with van der Waals surface area (Å²) in [5.74, 6) is -0.176. The molecule has 144 valence electrons. The van der Waals surface area contributed by atoms with Gasteiger partial charge in [-0.1, -0.05) is 35.9 Å². The number of hydrogen-bond acceptors (Lipinski definition) is 4. The number of oxazole rings is 1. The van der Waals surface area contributed by atoms with Crippen LogP contribution >= 0.6 is 11.6 Å². The van der Waals surface area contributed by atoms with Gasteiger partial charge in [-0.05, 0) is 36.8 Å². The van der Waals surface area contributed by atoms with Crippen LogP contribution < -0.4 is 5.32 Å². The van der Waals surface area contributed by atoms with Crippen molar-refractivity contribution >= 4 is 40.6 Å². The number of benzene rings is 2. The third kappa shape index (κ3) is 5.20. The maximum Gasteiger partial charge on any atom is 0.247 e. The minimum atomic E-state index is -0.286. The van der Waals surface area contributed by atoms with Crippen LogP contribution in [-0.2, 0) is 16.1 Å². The van der Waals surface area contributed by atoms with Gasteiger partial charge in [-0.25, -0.2) is 4.98 Å². The molecule has 28 heavy (non-hydrogen) atoms. The molecular formula is C21H20ClN3O3. The van der Waals surface area contributed by atoms with Gasteiger partial charge in [-0.15, -0.1) is 0 Å². The molecule has 0 radical (unpaired) electrons. The Morgan fingerprint density at radius 1 is 1.18 bits per heavy atom. The van der Waals surface area contributed by atoms with Gasteiger partial charge in [0.25, 0.3) is 0 Å². The van der Waals surface area contributed by atoms with Crippen LogP contribution in [0.1, 0.15) is 18.4 Å². The first-order valence-corrected chi connectivity index (χ1v) is 9.26. The van der Waals surface area contributed by atoms with Gasteiger partial charge in [0.15, 0.2) is 5.58 Å². The van der Waals surface area contributed by atoms with Crippen molar-refractivity contribution in [1.82, 2.24) is 15.2 Å². The lowest BCUT2D eigenvalue weighted by Crippen LogP contribution is -2.39. The van der Waals surface area contributed by atoms with Crippen LogP contribution in [0.5, 0.6) is 0 Å². The van der Waals surface area contributed by atoms with Crippen molar-refractivity contribution in [2.75, 3.05) is 13.1 Å². The number of amides is 2. The van der Waals surface area contributed by atoms with Crippen LogP contribution in [0.15, 0.2) is 59.0 Å². The average molecular weight is 398 g/mol. The van der Waals surface area contributed by atoms with Crippen molar-refractivity contribution in [3.05, 3.63) is 71.1 Å². The molecule has 3 rings (SSSR count). The van der Waals surface area contributed by atoms with Crippen molar-refractivity contribution in [1.29, 1.82) is 0 Å². The summed E-state index contributed by atoms with van der Waals surface area (Å²) in [6.45, 7) is 2.57. The lowest BCUT2D eigenvalue weighted by atomic mass is 10.2. The fourth-order valence-electron chi connectivity index (χ4n) is 2.59. The number of carbonyl (C=O) groups excluding carboxylic acids is 2. The highest BCUT2D eigenvalue weighted by Crippen LogP contribution is 2.15. The molecule has 1 N–H and O–H groups in total. The van der Waals surface area contributed by atoms with E-state index in [4.69, 9.17) is 16.0 Å². The number of fused-ring (bicyclic) bond motifs is 1. The van der Waals surface area contributed by atoms with E-state index in [-0.39, 0.29) is 18.4 Å². The molecule has 3 aromatic rings. The Morgan fingerprint density at radius 3 is 2.64 bits per heavy atom. The van der Waals surface area contributed by atoms with Crippen LogP contribution in [-0.4, -0.2) is 34.8 Å². The van der Waals surface area contributed by atoms with Crippen molar-refractivity contribution in [3.8, 4) is 0 Å². The van der Waals surface area contributed by atoms with E-state index in [0.717, 1.165) is 11.1 Å². The Balaban J connectivity index is 1.54. The minimum absolute atomic E-state index is 0.0270. The van der Waals surface area contributed by atoms with Gasteiger partial charge in [0.1, 0.15) is 5.52 Å². The zero-order valence-corrected chi connectivity index (χ0v) is 16.1. The fourth-order valence-corrected chi connectivity index (χ4v) is 2.71. The second-order valence-electron chi connectivity index (χ2n) is 6.11. The predicted octanol–water partition coefficient (Wildman–Crippen LogP) is 3.66. The zero-order chi connectivity index (χ0) is 19.9. The molecule has 0 aliphatic heterocycles. The number of nitrogens with one attached hydrogen (secondary N) is 1. The van der Waals surface area contributed by atoms with E-state index < -0.39 is 0 Å². The molecular weight excluding hydrogens is 378 g/mol. The van der Waals surface area contributed by atoms with E-state index in [1.54, 1.807) is 12.1 Å². The molecule has 0 aliphatic rings. The van der Waals surface area contributed by atoms with Crippen molar-refractivity contribution < 1.29 is 14.0 Å². The third-order valence-electron chi connectivity index (χ3n) is 4.11. The number of para-hydroxylation sites is 2. The topological polar surface area (TPSA) is 75.4 Å². The number of carbonyl (C=O) groups is 2. The third-order valence-corrected chi connectivity index (χ3v) is 4.36. The summed E-state index contributed by atoms with van der Waals surface area (Å²) >= 11 is 5.84. The van der Waals surface area contributed by atoms with Crippen LogP contribution in [0.25, 0.3) is 17.2 Å². The van der Waals surface area contributed by atoms with Gasteiger partial charge in [-0.3, -0.25) is 9.59 Å². The largest absolute Gasteiger partial charge is 0.437 e. The van der Waals surface area contributed by atoms with Gasteiger partial charge in [0, 0.05) is 30.3 Å². The summed E-state index contributed by atoms with van der Waals surface area (Å²) in [5.41, 5.74) is 2.31. The monoisotopic (exact) mass is 397 g/mol. The first-order chi connectivity index (χ1) is 13.5. The first-order valence-electron chi connectivity index (χ1n) is 8.89. The Labute approximate surface area is 167 Å². The fraction of sp³-hybridized carbons (Fsp3) is 0.190. The molecule has 0 unspecified atom stereocenters. The second-order valence-corrected chi connectivity index (χ2v) is 6.55. The summed E-state index contributed by atoms with van der Waals surface area (Å²) in [6, 6.07) is 14.6. The molecule has 2 amide bonds. The highest BCUT2D eigenvalue weighted by molar-refractivity contribution is 6.30. The summed E-state index contributed by atoms with van der Waals surface area (Å²) in [5, 5.41) is 3.44. The Bertz CT molecular complexity index is 963. The SMILES string of the molecule is CCN(CC(=O)NCc1ccc(Cl)cc1)C(=O)C=Cc1nc2ccccc2o1. The van der Waals surface area contributed by atoms with Crippen LogP contribution in [0.2, 0.25) is 5.02 Å². The highest BCUT2D eigenvalue weighted by Gasteiger charge is 2.13. The van der Waals surface area contributed by atoms with Crippen LogP contribution in [0.4, 0.5) is 0 Å². The second kappa shape index (κ2) is 9.19. The predicted molar refractivity (Wildman–Crippen MR) is 109 cm³/mol. The van der Waals surface area contributed by atoms with Gasteiger partial charge < -0.3 is 14.6 Å². The molecule has 0 saturated heterocycles. The quantitative estimate of drug-likeness (QED) is 0.617. The summed E-state index contributed by atoms with van der Waals surface area (Å²) in [6.07, 6.45) is 2.87. The van der Waals surface area contributed by atoms with Crippen molar-refractivity contribution in [2.24, 2.45) is 0 Å². The Kier molecular flexibility index (Phi) is 6.45. The molecule has 6 nitrogen and oxygen atoms in total. The van der Waals surface area contributed by atoms with Crippen molar-refractivity contribution in [3.63, 3.8) is 0 Å². The van der Waals surface area contributed by atoms with E-state index in [2.05, 4.69) is 10.3 Å². The summed E-state index contributed by atoms with van der Waals surface area (Å²) in [4.78, 5) is 30.3. The first kappa shape index (κ1) is 19.6. The normalized spacial score (nSPS) is 11.1. The average Bonchev–Trinajstić information content (AvgIpc) is 3.13. The van der Waals surface area contributed by atoms with E-state index >= 15 is 0 Å². The molecule has 0 fully saturated rings. The zero-order valence-electron chi connectivity index (χ0n) is 15.4. The van der Waals surface area contributed by atoms with Crippen LogP contribution in [0.3, 0.4) is 0 Å². The summed E-state index contributed by atoms with van der Waals surface area (Å²) < 4.78 is 5.55. The number of aromatic nitrogens is 1. The van der Waals surface area contributed by atoms with Gasteiger partial charge in [0.05, 0.1) is 6.54 Å². The molecule has 0 saturated carbocycles. The molecule has 0 atom stereocenters. The molecule has 1 heterocycles. The van der Waals surface area contributed by atoms with E-state index in [0.29, 0.717) is 29.6 Å². The number of likely N-dealkylation sites (N-methyl/N-ethyl adjacent to an activating group) is 1. The number of halogens is 1. The van der Waals surface area contributed by atoms with E-state index in [1.165, 1.54) is 17.1 Å². The molecule has 7 heteroatoms. The Hall–Kier alpha value is -3.12. The number of rotatable bonds is 7. The van der Waals surface area contributed by atoms with Crippen LogP contribution in [0, 0.1) is 0 Å². The number of hydrogen-bond donors (Lipinski definition) is 1.